The molecule has 28 heavy (non-hydrogen) atoms. The molecule has 0 bridgehead atoms. The average Bonchev–Trinajstić information content (AvgIpc) is 3.17. The molecule has 4 rings (SSSR count). The highest BCUT2D eigenvalue weighted by molar-refractivity contribution is 6.25. The molecule has 5 heteroatoms. The van der Waals surface area contributed by atoms with E-state index in [4.69, 9.17) is 0 Å². The number of aromatic nitrogens is 2. The number of benzene rings is 2. The summed E-state index contributed by atoms with van der Waals surface area (Å²) in [6.07, 6.45) is 11.0. The largest absolute Gasteiger partial charge is 0.270 e. The number of hydrogen-bond acceptors (Lipinski definition) is 2. The lowest BCUT2D eigenvalue weighted by Crippen LogP contribution is -2.42. The van der Waals surface area contributed by atoms with Crippen LogP contribution in [0, 0.1) is 0 Å². The van der Waals surface area contributed by atoms with Crippen LogP contribution in [0.5, 0.6) is 0 Å². The summed E-state index contributed by atoms with van der Waals surface area (Å²) in [4.78, 5) is 27.2. The number of carbonyl (C=O) groups is 2. The minimum atomic E-state index is -0.200. The van der Waals surface area contributed by atoms with Crippen LogP contribution in [0.25, 0.3) is 10.8 Å². The van der Waals surface area contributed by atoms with Gasteiger partial charge in [0.2, 0.25) is 6.33 Å². The first kappa shape index (κ1) is 18.4. The van der Waals surface area contributed by atoms with Crippen LogP contribution in [0.3, 0.4) is 0 Å². The van der Waals surface area contributed by atoms with Crippen molar-refractivity contribution in [2.24, 2.45) is 0 Å². The summed E-state index contributed by atoms with van der Waals surface area (Å²) < 4.78 is 4.22. The standard InChI is InChI=1S/C23H26N3O2/c1-2-3-4-5-12-24-13-14-25(17-24)15-16-26-22(27)19-10-6-8-18-9-7-11-20(21(18)19)23(26)28/h6-11,13-14,17H,2-5,12,15-16H2,1H3/q+1. The molecule has 0 fully saturated rings. The molecular formula is C23H26N3O2+. The SMILES string of the molecule is CCCCCC[n+]1ccn(CCN2C(=O)c3cccc4cccc(c34)C2=O)c1. The van der Waals surface area contributed by atoms with Crippen molar-refractivity contribution in [3.63, 3.8) is 0 Å². The molecule has 0 spiro atoms. The zero-order chi connectivity index (χ0) is 19.5. The van der Waals surface area contributed by atoms with E-state index in [2.05, 4.69) is 24.0 Å². The van der Waals surface area contributed by atoms with Crippen LogP contribution in [0.1, 0.15) is 53.3 Å². The fourth-order valence-electron chi connectivity index (χ4n) is 3.92. The lowest BCUT2D eigenvalue weighted by molar-refractivity contribution is -0.696. The van der Waals surface area contributed by atoms with E-state index in [9.17, 15) is 9.59 Å². The van der Waals surface area contributed by atoms with Gasteiger partial charge in [-0.2, -0.15) is 0 Å². The van der Waals surface area contributed by atoms with Gasteiger partial charge < -0.3 is 0 Å². The monoisotopic (exact) mass is 376 g/mol. The molecule has 0 N–H and O–H groups in total. The molecule has 0 saturated heterocycles. The smallest absolute Gasteiger partial charge is 0.261 e. The van der Waals surface area contributed by atoms with Gasteiger partial charge in [0.25, 0.3) is 11.8 Å². The van der Waals surface area contributed by atoms with E-state index >= 15 is 0 Å². The zero-order valence-electron chi connectivity index (χ0n) is 16.3. The Bertz CT molecular complexity index is 971. The van der Waals surface area contributed by atoms with Gasteiger partial charge >= 0.3 is 0 Å². The maximum atomic E-state index is 12.9. The van der Waals surface area contributed by atoms with Crippen molar-refractivity contribution in [3.05, 3.63) is 66.2 Å². The first-order chi connectivity index (χ1) is 13.7. The van der Waals surface area contributed by atoms with E-state index in [0.717, 1.165) is 17.3 Å². The van der Waals surface area contributed by atoms with Gasteiger partial charge in [-0.25, -0.2) is 9.13 Å². The molecule has 2 heterocycles. The van der Waals surface area contributed by atoms with Gasteiger partial charge in [0.1, 0.15) is 18.9 Å². The molecular weight excluding hydrogens is 350 g/mol. The van der Waals surface area contributed by atoms with Gasteiger partial charge in [0.15, 0.2) is 0 Å². The number of aryl methyl sites for hydroxylation is 1. The fraction of sp³-hybridized carbons (Fsp3) is 0.348. The Hall–Kier alpha value is -2.95. The van der Waals surface area contributed by atoms with E-state index < -0.39 is 0 Å². The third kappa shape index (κ3) is 3.44. The highest BCUT2D eigenvalue weighted by Gasteiger charge is 2.32. The van der Waals surface area contributed by atoms with Crippen molar-refractivity contribution < 1.29 is 14.2 Å². The lowest BCUT2D eigenvalue weighted by Gasteiger charge is -2.26. The summed E-state index contributed by atoms with van der Waals surface area (Å²) in [7, 11) is 0. The Kier molecular flexibility index (Phi) is 5.24. The summed E-state index contributed by atoms with van der Waals surface area (Å²) in [6, 6.07) is 11.3. The normalized spacial score (nSPS) is 13.5. The lowest BCUT2D eigenvalue weighted by atomic mass is 9.94. The molecule has 0 radical (unpaired) electrons. The molecule has 0 atom stereocenters. The Balaban J connectivity index is 1.46. The Labute approximate surface area is 165 Å². The molecule has 0 unspecified atom stereocenters. The second-order valence-electron chi connectivity index (χ2n) is 7.42. The predicted octanol–water partition coefficient (Wildman–Crippen LogP) is 3.81. The van der Waals surface area contributed by atoms with Crippen molar-refractivity contribution in [1.29, 1.82) is 0 Å². The molecule has 2 aromatic carbocycles. The van der Waals surface area contributed by atoms with Crippen LogP contribution in [0.2, 0.25) is 0 Å². The summed E-state index contributed by atoms with van der Waals surface area (Å²) in [5.74, 6) is -0.400. The van der Waals surface area contributed by atoms with Crippen LogP contribution in [-0.2, 0) is 13.1 Å². The van der Waals surface area contributed by atoms with E-state index in [0.29, 0.717) is 24.2 Å². The number of rotatable bonds is 8. The number of amides is 2. The van der Waals surface area contributed by atoms with Crippen LogP contribution in [-0.4, -0.2) is 27.8 Å². The molecule has 2 amide bonds. The summed E-state index contributed by atoms with van der Waals surface area (Å²) in [5, 5.41) is 1.72. The van der Waals surface area contributed by atoms with Crippen molar-refractivity contribution >= 4 is 22.6 Å². The quantitative estimate of drug-likeness (QED) is 0.341. The molecule has 0 aliphatic carbocycles. The van der Waals surface area contributed by atoms with Crippen LogP contribution in [0.15, 0.2) is 55.1 Å². The number of hydrogen-bond donors (Lipinski definition) is 0. The molecule has 5 nitrogen and oxygen atoms in total. The number of unbranched alkanes of at least 4 members (excludes halogenated alkanes) is 3. The van der Waals surface area contributed by atoms with Crippen molar-refractivity contribution in [1.82, 2.24) is 9.47 Å². The van der Waals surface area contributed by atoms with Crippen molar-refractivity contribution in [2.75, 3.05) is 6.54 Å². The minimum Gasteiger partial charge on any atom is -0.270 e. The van der Waals surface area contributed by atoms with Crippen LogP contribution < -0.4 is 4.57 Å². The van der Waals surface area contributed by atoms with Gasteiger partial charge in [-0.15, -0.1) is 0 Å². The van der Waals surface area contributed by atoms with E-state index in [1.807, 2.05) is 47.2 Å². The van der Waals surface area contributed by atoms with Crippen LogP contribution in [0.4, 0.5) is 0 Å². The molecule has 3 aromatic rings. The van der Waals surface area contributed by atoms with E-state index in [1.165, 1.54) is 30.6 Å². The second kappa shape index (κ2) is 7.97. The number of imidazole rings is 1. The van der Waals surface area contributed by atoms with E-state index in [1.54, 1.807) is 0 Å². The van der Waals surface area contributed by atoms with Gasteiger partial charge in [-0.05, 0) is 30.4 Å². The predicted molar refractivity (Wildman–Crippen MR) is 108 cm³/mol. The zero-order valence-corrected chi connectivity index (χ0v) is 16.3. The maximum Gasteiger partial charge on any atom is 0.261 e. The van der Waals surface area contributed by atoms with Crippen LogP contribution >= 0.6 is 0 Å². The number of nitrogens with zero attached hydrogens (tertiary/aromatic N) is 3. The number of carbonyl (C=O) groups excluding carboxylic acids is 2. The molecule has 1 aliphatic rings. The molecule has 144 valence electrons. The molecule has 0 saturated carbocycles. The number of imide groups is 1. The van der Waals surface area contributed by atoms with E-state index in [-0.39, 0.29) is 11.8 Å². The molecule has 1 aliphatic heterocycles. The highest BCUT2D eigenvalue weighted by Crippen LogP contribution is 2.29. The Morgan fingerprint density at radius 3 is 2.29 bits per heavy atom. The summed E-state index contributed by atoms with van der Waals surface area (Å²) in [5.41, 5.74) is 1.23. The Morgan fingerprint density at radius 2 is 1.61 bits per heavy atom. The third-order valence-electron chi connectivity index (χ3n) is 5.45. The van der Waals surface area contributed by atoms with Gasteiger partial charge in [-0.3, -0.25) is 14.5 Å². The summed E-state index contributed by atoms with van der Waals surface area (Å²) in [6.45, 7) is 4.18. The highest BCUT2D eigenvalue weighted by atomic mass is 16.2. The Morgan fingerprint density at radius 1 is 0.893 bits per heavy atom. The minimum absolute atomic E-state index is 0.200. The third-order valence-corrected chi connectivity index (χ3v) is 5.45. The van der Waals surface area contributed by atoms with Gasteiger partial charge in [0.05, 0.1) is 13.1 Å². The fourth-order valence-corrected chi connectivity index (χ4v) is 3.92. The summed E-state index contributed by atoms with van der Waals surface area (Å²) >= 11 is 0. The van der Waals surface area contributed by atoms with Gasteiger partial charge in [-0.1, -0.05) is 44.0 Å². The van der Waals surface area contributed by atoms with Gasteiger partial charge in [0, 0.05) is 16.5 Å². The molecule has 1 aromatic heterocycles. The second-order valence-corrected chi connectivity index (χ2v) is 7.42. The van der Waals surface area contributed by atoms with Crippen molar-refractivity contribution in [2.45, 2.75) is 45.7 Å². The maximum absolute atomic E-state index is 12.9. The topological polar surface area (TPSA) is 46.2 Å². The first-order valence-corrected chi connectivity index (χ1v) is 10.1. The van der Waals surface area contributed by atoms with Crippen molar-refractivity contribution in [3.8, 4) is 0 Å². The average molecular weight is 376 g/mol. The first-order valence-electron chi connectivity index (χ1n) is 10.1.